The Bertz CT molecular complexity index is 340. The molecule has 16 heavy (non-hydrogen) atoms. The largest absolute Gasteiger partial charge is 0.383 e. The molecule has 0 amide bonds. The van der Waals surface area contributed by atoms with Gasteiger partial charge in [-0.05, 0) is 17.5 Å². The second kappa shape index (κ2) is 5.43. The van der Waals surface area contributed by atoms with Gasteiger partial charge in [0.05, 0.1) is 6.61 Å². The van der Waals surface area contributed by atoms with E-state index in [1.807, 2.05) is 0 Å². The van der Waals surface area contributed by atoms with Crippen molar-refractivity contribution in [2.75, 3.05) is 33.4 Å². The van der Waals surface area contributed by atoms with Gasteiger partial charge in [0, 0.05) is 32.8 Å². The summed E-state index contributed by atoms with van der Waals surface area (Å²) in [6.07, 6.45) is 1.12. The van der Waals surface area contributed by atoms with Gasteiger partial charge in [-0.25, -0.2) is 0 Å². The Kier molecular flexibility index (Phi) is 3.93. The van der Waals surface area contributed by atoms with Gasteiger partial charge >= 0.3 is 0 Å². The summed E-state index contributed by atoms with van der Waals surface area (Å²) in [5.74, 6) is 0. The van der Waals surface area contributed by atoms with Crippen molar-refractivity contribution in [1.29, 1.82) is 0 Å². The standard InChI is InChI=1S/C13H20N2O/c1-16-9-8-15-7-6-11-4-2-3-5-12(11)13(15)10-14/h2-5,13H,6-10,14H2,1H3. The minimum Gasteiger partial charge on any atom is -0.383 e. The third-order valence-electron chi connectivity index (χ3n) is 3.33. The van der Waals surface area contributed by atoms with E-state index < -0.39 is 0 Å². The van der Waals surface area contributed by atoms with Gasteiger partial charge in [-0.15, -0.1) is 0 Å². The lowest BCUT2D eigenvalue weighted by atomic mass is 9.93. The summed E-state index contributed by atoms with van der Waals surface area (Å²) >= 11 is 0. The van der Waals surface area contributed by atoms with Crippen LogP contribution in [0.15, 0.2) is 24.3 Å². The monoisotopic (exact) mass is 220 g/mol. The molecule has 0 aliphatic carbocycles. The molecule has 0 saturated heterocycles. The average Bonchev–Trinajstić information content (AvgIpc) is 2.35. The van der Waals surface area contributed by atoms with Crippen LogP contribution in [0.3, 0.4) is 0 Å². The molecule has 1 aliphatic rings. The molecule has 0 aromatic heterocycles. The molecule has 0 radical (unpaired) electrons. The first-order valence-electron chi connectivity index (χ1n) is 5.87. The summed E-state index contributed by atoms with van der Waals surface area (Å²) < 4.78 is 5.14. The van der Waals surface area contributed by atoms with Gasteiger partial charge in [-0.2, -0.15) is 0 Å². The van der Waals surface area contributed by atoms with Crippen molar-refractivity contribution in [3.05, 3.63) is 35.4 Å². The van der Waals surface area contributed by atoms with E-state index in [1.165, 1.54) is 11.1 Å². The van der Waals surface area contributed by atoms with Crippen LogP contribution < -0.4 is 5.73 Å². The molecule has 2 rings (SSSR count). The highest BCUT2D eigenvalue weighted by Crippen LogP contribution is 2.28. The molecule has 1 unspecified atom stereocenters. The van der Waals surface area contributed by atoms with Crippen LogP contribution in [-0.4, -0.2) is 38.3 Å². The van der Waals surface area contributed by atoms with Crippen LogP contribution in [0.2, 0.25) is 0 Å². The topological polar surface area (TPSA) is 38.5 Å². The molecule has 1 atom stereocenters. The Morgan fingerprint density at radius 2 is 2.25 bits per heavy atom. The van der Waals surface area contributed by atoms with Crippen LogP contribution in [0, 0.1) is 0 Å². The summed E-state index contributed by atoms with van der Waals surface area (Å²) in [7, 11) is 1.75. The fraction of sp³-hybridized carbons (Fsp3) is 0.538. The van der Waals surface area contributed by atoms with Gasteiger partial charge in [0.2, 0.25) is 0 Å². The van der Waals surface area contributed by atoms with Crippen LogP contribution in [0.5, 0.6) is 0 Å². The molecule has 1 aliphatic heterocycles. The summed E-state index contributed by atoms with van der Waals surface area (Å²) in [6, 6.07) is 8.98. The van der Waals surface area contributed by atoms with Crippen LogP contribution in [0.25, 0.3) is 0 Å². The molecule has 1 aromatic rings. The van der Waals surface area contributed by atoms with E-state index in [-0.39, 0.29) is 0 Å². The van der Waals surface area contributed by atoms with Gasteiger partial charge < -0.3 is 10.5 Å². The van der Waals surface area contributed by atoms with Crippen molar-refractivity contribution in [1.82, 2.24) is 4.90 Å². The van der Waals surface area contributed by atoms with Gasteiger partial charge in [-0.3, -0.25) is 4.90 Å². The highest BCUT2D eigenvalue weighted by atomic mass is 16.5. The van der Waals surface area contributed by atoms with E-state index in [2.05, 4.69) is 29.2 Å². The predicted molar refractivity (Wildman–Crippen MR) is 65.4 cm³/mol. The molecule has 0 spiro atoms. The van der Waals surface area contributed by atoms with Crippen LogP contribution >= 0.6 is 0 Å². The van der Waals surface area contributed by atoms with Crippen molar-refractivity contribution in [2.24, 2.45) is 5.73 Å². The summed E-state index contributed by atoms with van der Waals surface area (Å²) in [5.41, 5.74) is 8.74. The predicted octanol–water partition coefficient (Wildman–Crippen LogP) is 1.19. The summed E-state index contributed by atoms with van der Waals surface area (Å²) in [4.78, 5) is 2.42. The van der Waals surface area contributed by atoms with Crippen LogP contribution in [-0.2, 0) is 11.2 Å². The fourth-order valence-electron chi connectivity index (χ4n) is 2.46. The number of fused-ring (bicyclic) bond motifs is 1. The molecular weight excluding hydrogens is 200 g/mol. The number of methoxy groups -OCH3 is 1. The van der Waals surface area contributed by atoms with Gasteiger partial charge in [-0.1, -0.05) is 24.3 Å². The quantitative estimate of drug-likeness (QED) is 0.828. The minimum absolute atomic E-state index is 0.361. The number of nitrogens with zero attached hydrogens (tertiary/aromatic N) is 1. The van der Waals surface area contributed by atoms with Crippen molar-refractivity contribution in [2.45, 2.75) is 12.5 Å². The maximum Gasteiger partial charge on any atom is 0.0589 e. The Balaban J connectivity index is 2.16. The smallest absolute Gasteiger partial charge is 0.0589 e. The van der Waals surface area contributed by atoms with Gasteiger partial charge in [0.1, 0.15) is 0 Å². The molecule has 0 bridgehead atoms. The van der Waals surface area contributed by atoms with E-state index in [0.717, 1.165) is 26.1 Å². The lowest BCUT2D eigenvalue weighted by Gasteiger charge is -2.36. The molecule has 3 heteroatoms. The van der Waals surface area contributed by atoms with Crippen molar-refractivity contribution in [3.8, 4) is 0 Å². The third-order valence-corrected chi connectivity index (χ3v) is 3.33. The summed E-state index contributed by atoms with van der Waals surface area (Å²) in [5, 5.41) is 0. The van der Waals surface area contributed by atoms with Gasteiger partial charge in [0.15, 0.2) is 0 Å². The molecular formula is C13H20N2O. The molecule has 0 fully saturated rings. The van der Waals surface area contributed by atoms with Crippen molar-refractivity contribution >= 4 is 0 Å². The highest BCUT2D eigenvalue weighted by molar-refractivity contribution is 5.32. The average molecular weight is 220 g/mol. The lowest BCUT2D eigenvalue weighted by Crippen LogP contribution is -2.40. The van der Waals surface area contributed by atoms with E-state index in [4.69, 9.17) is 10.5 Å². The molecule has 1 heterocycles. The SMILES string of the molecule is COCCN1CCc2ccccc2C1CN. The van der Waals surface area contributed by atoms with E-state index in [9.17, 15) is 0 Å². The zero-order valence-corrected chi connectivity index (χ0v) is 9.86. The highest BCUT2D eigenvalue weighted by Gasteiger charge is 2.25. The number of nitrogens with two attached hydrogens (primary N) is 1. The van der Waals surface area contributed by atoms with E-state index in [0.29, 0.717) is 12.6 Å². The first-order chi connectivity index (χ1) is 7.86. The van der Waals surface area contributed by atoms with E-state index >= 15 is 0 Å². The lowest BCUT2D eigenvalue weighted by molar-refractivity contribution is 0.116. The maximum atomic E-state index is 5.90. The number of rotatable bonds is 4. The normalized spacial score (nSPS) is 20.8. The molecule has 88 valence electrons. The second-order valence-electron chi connectivity index (χ2n) is 4.23. The van der Waals surface area contributed by atoms with Gasteiger partial charge in [0.25, 0.3) is 0 Å². The number of benzene rings is 1. The Hall–Kier alpha value is -0.900. The molecule has 0 saturated carbocycles. The Morgan fingerprint density at radius 1 is 1.44 bits per heavy atom. The molecule has 3 nitrogen and oxygen atoms in total. The fourth-order valence-corrected chi connectivity index (χ4v) is 2.46. The first-order valence-corrected chi connectivity index (χ1v) is 5.87. The van der Waals surface area contributed by atoms with Crippen LogP contribution in [0.1, 0.15) is 17.2 Å². The summed E-state index contributed by atoms with van der Waals surface area (Å²) in [6.45, 7) is 3.51. The zero-order valence-electron chi connectivity index (χ0n) is 9.86. The Labute approximate surface area is 97.2 Å². The molecule has 1 aromatic carbocycles. The minimum atomic E-state index is 0.361. The first kappa shape index (κ1) is 11.6. The van der Waals surface area contributed by atoms with Crippen LogP contribution in [0.4, 0.5) is 0 Å². The maximum absolute atomic E-state index is 5.90. The Morgan fingerprint density at radius 3 is 3.00 bits per heavy atom. The van der Waals surface area contributed by atoms with Crippen molar-refractivity contribution in [3.63, 3.8) is 0 Å². The number of hydrogen-bond acceptors (Lipinski definition) is 3. The zero-order chi connectivity index (χ0) is 11.4. The second-order valence-corrected chi connectivity index (χ2v) is 4.23. The molecule has 2 N–H and O–H groups in total. The number of ether oxygens (including phenoxy) is 1. The third kappa shape index (κ3) is 2.26. The van der Waals surface area contributed by atoms with Crippen molar-refractivity contribution < 1.29 is 4.74 Å². The van der Waals surface area contributed by atoms with E-state index in [1.54, 1.807) is 7.11 Å². The number of hydrogen-bond donors (Lipinski definition) is 1.